The van der Waals surface area contributed by atoms with Crippen molar-refractivity contribution < 1.29 is 23.0 Å². The first-order valence-corrected chi connectivity index (χ1v) is 15.4. The van der Waals surface area contributed by atoms with Gasteiger partial charge in [0.25, 0.3) is 0 Å². The number of alkyl halides is 3. The van der Waals surface area contributed by atoms with E-state index in [1.807, 2.05) is 36.4 Å². The molecule has 0 amide bonds. The second-order valence-electron chi connectivity index (χ2n) is 11.3. The van der Waals surface area contributed by atoms with Gasteiger partial charge in [0, 0.05) is 42.9 Å². The third kappa shape index (κ3) is 7.62. The topological polar surface area (TPSA) is 101 Å². The molecule has 1 aromatic carbocycles. The van der Waals surface area contributed by atoms with Crippen LogP contribution in [0.15, 0.2) is 66.0 Å². The zero-order valence-corrected chi connectivity index (χ0v) is 25.5. The van der Waals surface area contributed by atoms with Gasteiger partial charge in [0.1, 0.15) is 23.1 Å². The molecule has 0 unspecified atom stereocenters. The summed E-state index contributed by atoms with van der Waals surface area (Å²) in [5, 5.41) is 14.8. The minimum absolute atomic E-state index is 0.0498. The van der Waals surface area contributed by atoms with Crippen LogP contribution in [0.1, 0.15) is 45.1 Å². The van der Waals surface area contributed by atoms with E-state index in [1.165, 1.54) is 22.7 Å². The summed E-state index contributed by atoms with van der Waals surface area (Å²) in [4.78, 5) is 16.5. The molecule has 1 aliphatic heterocycles. The van der Waals surface area contributed by atoms with E-state index in [0.29, 0.717) is 23.9 Å². The number of hydrogen-bond acceptors (Lipinski definition) is 9. The molecular weight excluding hydrogens is 591 g/mol. The van der Waals surface area contributed by atoms with Crippen LogP contribution in [0.5, 0.6) is 5.88 Å². The maximum Gasteiger partial charge on any atom is 0.397 e. The van der Waals surface area contributed by atoms with E-state index < -0.39 is 18.2 Å². The Kier molecular flexibility index (Phi) is 9.94. The summed E-state index contributed by atoms with van der Waals surface area (Å²) in [6.07, 6.45) is 3.67. The van der Waals surface area contributed by atoms with Crippen LogP contribution in [0.4, 0.5) is 24.8 Å². The normalized spacial score (nSPS) is 14.8. The highest BCUT2D eigenvalue weighted by Gasteiger charge is 2.48. The maximum atomic E-state index is 13.3. The Labute approximate surface area is 259 Å². The molecule has 0 saturated heterocycles. The summed E-state index contributed by atoms with van der Waals surface area (Å²) in [6, 6.07) is 15.3. The molecule has 0 saturated carbocycles. The molecule has 0 radical (unpaired) electrons. The van der Waals surface area contributed by atoms with Crippen molar-refractivity contribution in [2.75, 3.05) is 35.9 Å². The third-order valence-corrected chi connectivity index (χ3v) is 8.19. The predicted molar refractivity (Wildman–Crippen MR) is 165 cm³/mol. The molecule has 13 heteroatoms. The van der Waals surface area contributed by atoms with Crippen molar-refractivity contribution in [1.29, 1.82) is 0 Å². The van der Waals surface area contributed by atoms with Crippen molar-refractivity contribution in [2.45, 2.75) is 57.2 Å². The van der Waals surface area contributed by atoms with Crippen LogP contribution >= 0.6 is 11.9 Å². The fourth-order valence-corrected chi connectivity index (χ4v) is 5.36. The van der Waals surface area contributed by atoms with Gasteiger partial charge in [0.15, 0.2) is 11.6 Å². The van der Waals surface area contributed by atoms with Crippen LogP contribution in [-0.4, -0.2) is 62.3 Å². The number of benzene rings is 1. The minimum Gasteiger partial charge on any atom is -0.476 e. The van der Waals surface area contributed by atoms with E-state index in [9.17, 15) is 18.3 Å². The lowest BCUT2D eigenvalue weighted by Gasteiger charge is -2.26. The number of nitrogens with one attached hydrogen (secondary N) is 1. The lowest BCUT2D eigenvalue weighted by molar-refractivity contribution is -0.219. The molecule has 0 atom stereocenters. The van der Waals surface area contributed by atoms with E-state index in [4.69, 9.17) is 14.7 Å². The highest BCUT2D eigenvalue weighted by molar-refractivity contribution is 8.00. The lowest BCUT2D eigenvalue weighted by atomic mass is 9.94. The number of aromatic nitrogens is 5. The first kappa shape index (κ1) is 31.6. The number of pyridine rings is 1. The van der Waals surface area contributed by atoms with Crippen LogP contribution in [0.3, 0.4) is 0 Å². The van der Waals surface area contributed by atoms with Gasteiger partial charge in [-0.2, -0.15) is 13.2 Å². The highest BCUT2D eigenvalue weighted by atomic mass is 32.2. The molecule has 0 spiro atoms. The predicted octanol–water partition coefficient (Wildman–Crippen LogP) is 6.73. The molecule has 4 bridgehead atoms. The minimum atomic E-state index is -4.41. The number of nitrogens with zero attached hydrogens (tertiary/aromatic N) is 6. The number of halogens is 3. The van der Waals surface area contributed by atoms with E-state index in [-0.39, 0.29) is 12.5 Å². The van der Waals surface area contributed by atoms with Gasteiger partial charge in [-0.1, -0.05) is 43.2 Å². The average molecular weight is 628 g/mol. The summed E-state index contributed by atoms with van der Waals surface area (Å²) in [5.74, 6) is 1.80. The van der Waals surface area contributed by atoms with Gasteiger partial charge in [-0.3, -0.25) is 0 Å². The van der Waals surface area contributed by atoms with Gasteiger partial charge in [-0.25, -0.2) is 19.6 Å². The molecule has 9 nitrogen and oxygen atoms in total. The lowest BCUT2D eigenvalue weighted by Crippen LogP contribution is -2.37. The van der Waals surface area contributed by atoms with Gasteiger partial charge in [-0.15, -0.1) is 5.10 Å². The summed E-state index contributed by atoms with van der Waals surface area (Å²) in [7, 11) is 0. The number of aliphatic hydroxyl groups excluding tert-OH is 1. The molecule has 4 heterocycles. The quantitative estimate of drug-likeness (QED) is 0.226. The van der Waals surface area contributed by atoms with Gasteiger partial charge in [-0.05, 0) is 50.8 Å². The molecule has 1 aliphatic rings. The Morgan fingerprint density at radius 3 is 2.64 bits per heavy atom. The SMILES string of the molecule is CC(C)(COc1ccn(-c2ncc3nc2-c2ccccc2CCCCCCN(CCO)c2cccc(n2)SN3)n1)C(F)(F)F. The number of β-amino-alcohol motifs (C(OH)–C–C–N with tert-alkyl or cyclic N) is 1. The molecular formula is C31H36F3N7O2S. The first-order chi connectivity index (χ1) is 21.1. The van der Waals surface area contributed by atoms with Gasteiger partial charge >= 0.3 is 6.18 Å². The monoisotopic (exact) mass is 627 g/mol. The van der Waals surface area contributed by atoms with E-state index in [2.05, 4.69) is 25.8 Å². The average Bonchev–Trinajstić information content (AvgIpc) is 3.48. The molecule has 44 heavy (non-hydrogen) atoms. The zero-order chi connectivity index (χ0) is 31.2. The zero-order valence-electron chi connectivity index (χ0n) is 24.7. The number of rotatable bonds is 6. The Hall–Kier alpha value is -3.84. The second kappa shape index (κ2) is 13.9. The standard InChI is InChI=1S/C31H36F3N7O2S/c1-30(2,31(32,33)34)21-43-26-15-17-41(38-26)29-28-23-12-7-6-11-22(23)10-5-3-4-8-16-40(18-19-42)25-13-9-14-27(37-25)44-39-24(36-28)20-35-29/h6-7,9,11-15,17,20,42H,3-5,8,10,16,18-19,21H2,1-2H3,(H,36,39). The first-order valence-electron chi connectivity index (χ1n) is 14.6. The summed E-state index contributed by atoms with van der Waals surface area (Å²) in [6.45, 7) is 2.99. The number of fused-ring (bicyclic) bond motifs is 6. The van der Waals surface area contributed by atoms with Crippen molar-refractivity contribution in [3.8, 4) is 23.0 Å². The second-order valence-corrected chi connectivity index (χ2v) is 12.1. The van der Waals surface area contributed by atoms with Crippen molar-refractivity contribution in [3.05, 3.63) is 66.5 Å². The maximum absolute atomic E-state index is 13.3. The van der Waals surface area contributed by atoms with Crippen LogP contribution < -0.4 is 14.4 Å². The van der Waals surface area contributed by atoms with Gasteiger partial charge in [0.05, 0.1) is 18.2 Å². The Balaban J connectivity index is 1.48. The molecule has 0 fully saturated rings. The number of ether oxygens (including phenoxy) is 1. The number of aliphatic hydroxyl groups is 1. The molecule has 5 rings (SSSR count). The van der Waals surface area contributed by atoms with Crippen LogP contribution in [0, 0.1) is 5.41 Å². The molecule has 2 N–H and O–H groups in total. The molecule has 3 aromatic heterocycles. The smallest absolute Gasteiger partial charge is 0.397 e. The van der Waals surface area contributed by atoms with Gasteiger partial charge in [0.2, 0.25) is 5.88 Å². The number of anilines is 2. The summed E-state index contributed by atoms with van der Waals surface area (Å²) >= 11 is 1.30. The number of aryl methyl sites for hydroxylation is 1. The Morgan fingerprint density at radius 1 is 1.00 bits per heavy atom. The van der Waals surface area contributed by atoms with Crippen LogP contribution in [0.25, 0.3) is 17.1 Å². The van der Waals surface area contributed by atoms with E-state index >= 15 is 0 Å². The molecule has 0 aliphatic carbocycles. The van der Waals surface area contributed by atoms with E-state index in [0.717, 1.165) is 74.5 Å². The van der Waals surface area contributed by atoms with Crippen LogP contribution in [-0.2, 0) is 6.42 Å². The Bertz CT molecular complexity index is 1550. The molecule has 4 aromatic rings. The summed E-state index contributed by atoms with van der Waals surface area (Å²) in [5.41, 5.74) is 0.564. The van der Waals surface area contributed by atoms with Crippen molar-refractivity contribution in [2.24, 2.45) is 5.41 Å². The summed E-state index contributed by atoms with van der Waals surface area (Å²) < 4.78 is 50.2. The van der Waals surface area contributed by atoms with Crippen molar-refractivity contribution in [1.82, 2.24) is 24.7 Å². The van der Waals surface area contributed by atoms with Gasteiger partial charge < -0.3 is 19.5 Å². The van der Waals surface area contributed by atoms with Crippen molar-refractivity contribution >= 4 is 23.6 Å². The van der Waals surface area contributed by atoms with Crippen LogP contribution in [0.2, 0.25) is 0 Å². The van der Waals surface area contributed by atoms with E-state index in [1.54, 1.807) is 12.4 Å². The third-order valence-electron chi connectivity index (χ3n) is 7.44. The largest absolute Gasteiger partial charge is 0.476 e. The molecule has 234 valence electrons. The van der Waals surface area contributed by atoms with Crippen molar-refractivity contribution in [3.63, 3.8) is 0 Å². The number of hydrogen-bond donors (Lipinski definition) is 2. The fourth-order valence-electron chi connectivity index (χ4n) is 4.76. The fraction of sp³-hybridized carbons (Fsp3) is 0.419. The Morgan fingerprint density at radius 2 is 1.82 bits per heavy atom. The highest BCUT2D eigenvalue weighted by Crippen LogP contribution is 2.38.